The highest BCUT2D eigenvalue weighted by molar-refractivity contribution is 6.43. The van der Waals surface area contributed by atoms with Crippen LogP contribution in [0.4, 0.5) is 23.7 Å². The van der Waals surface area contributed by atoms with Crippen LogP contribution in [0.2, 0.25) is 10.0 Å². The monoisotopic (exact) mass is 541 g/mol. The molecule has 1 fully saturated rings. The number of likely N-dealkylation sites (tertiary alicyclic amines) is 1. The van der Waals surface area contributed by atoms with E-state index in [-0.39, 0.29) is 46.0 Å². The molecule has 3 amide bonds. The summed E-state index contributed by atoms with van der Waals surface area (Å²) in [5.41, 5.74) is 0.980. The molecule has 2 aromatic carbocycles. The Morgan fingerprint density at radius 2 is 1.86 bits per heavy atom. The van der Waals surface area contributed by atoms with Gasteiger partial charge in [-0.1, -0.05) is 34.4 Å². The van der Waals surface area contributed by atoms with Crippen LogP contribution in [-0.4, -0.2) is 46.1 Å². The molecule has 2 N–H and O–H groups in total. The maximum absolute atomic E-state index is 13.0. The minimum Gasteiger partial charge on any atom is -0.350 e. The molecule has 3 aromatic rings. The molecule has 0 saturated carbocycles. The van der Waals surface area contributed by atoms with Gasteiger partial charge in [-0.2, -0.15) is 18.2 Å². The molecular weight excluding hydrogens is 522 g/mol. The van der Waals surface area contributed by atoms with Crippen LogP contribution >= 0.6 is 23.2 Å². The number of aromatic nitrogens is 2. The zero-order valence-electron chi connectivity index (χ0n) is 18.6. The fraction of sp³-hybridized carbons (Fsp3) is 0.304. The normalized spacial score (nSPS) is 16.0. The number of urea groups is 1. The smallest absolute Gasteiger partial charge is 0.350 e. The quantitative estimate of drug-likeness (QED) is 0.420. The fourth-order valence-electron chi connectivity index (χ4n) is 3.82. The lowest BCUT2D eigenvalue weighted by molar-refractivity contribution is -0.159. The lowest BCUT2D eigenvalue weighted by Crippen LogP contribution is -2.50. The van der Waals surface area contributed by atoms with E-state index in [0.29, 0.717) is 24.2 Å². The summed E-state index contributed by atoms with van der Waals surface area (Å²) in [6.07, 6.45) is -2.31. The van der Waals surface area contributed by atoms with Crippen molar-refractivity contribution in [2.75, 3.05) is 18.4 Å². The molecule has 1 unspecified atom stereocenters. The second-order valence-electron chi connectivity index (χ2n) is 8.08. The Morgan fingerprint density at radius 3 is 2.56 bits per heavy atom. The molecule has 190 valence electrons. The van der Waals surface area contributed by atoms with Gasteiger partial charge in [-0.3, -0.25) is 4.79 Å². The summed E-state index contributed by atoms with van der Waals surface area (Å²) in [6, 6.07) is 10.2. The zero-order chi connectivity index (χ0) is 25.9. The summed E-state index contributed by atoms with van der Waals surface area (Å²) in [7, 11) is 0. The van der Waals surface area contributed by atoms with Crippen molar-refractivity contribution in [3.63, 3.8) is 0 Å². The SMILES string of the molecule is O=C(NCC1CCCCN1C(=O)Nc1ccc(-c2noc(C(F)(F)F)n2)cc1)c1cccc(Cl)c1Cl. The Labute approximate surface area is 213 Å². The van der Waals surface area contributed by atoms with Crippen molar-refractivity contribution in [1.82, 2.24) is 20.4 Å². The van der Waals surface area contributed by atoms with Gasteiger partial charge in [0.1, 0.15) is 0 Å². The number of hydrogen-bond donors (Lipinski definition) is 2. The van der Waals surface area contributed by atoms with Gasteiger partial charge in [0.2, 0.25) is 5.82 Å². The number of halogens is 5. The summed E-state index contributed by atoms with van der Waals surface area (Å²) in [6.45, 7) is 0.735. The average Bonchev–Trinajstić information content (AvgIpc) is 3.36. The van der Waals surface area contributed by atoms with Crippen molar-refractivity contribution in [1.29, 1.82) is 0 Å². The summed E-state index contributed by atoms with van der Waals surface area (Å²) >= 11 is 12.1. The maximum atomic E-state index is 13.0. The van der Waals surface area contributed by atoms with Gasteiger partial charge < -0.3 is 20.1 Å². The Balaban J connectivity index is 1.38. The Bertz CT molecular complexity index is 1250. The first kappa shape index (κ1) is 25.8. The highest BCUT2D eigenvalue weighted by atomic mass is 35.5. The molecule has 0 bridgehead atoms. The average molecular weight is 542 g/mol. The molecule has 13 heteroatoms. The van der Waals surface area contributed by atoms with E-state index in [4.69, 9.17) is 23.2 Å². The maximum Gasteiger partial charge on any atom is 0.471 e. The first-order valence-electron chi connectivity index (χ1n) is 10.9. The van der Waals surface area contributed by atoms with Crippen LogP contribution in [-0.2, 0) is 6.18 Å². The van der Waals surface area contributed by atoms with E-state index < -0.39 is 12.1 Å². The largest absolute Gasteiger partial charge is 0.471 e. The third-order valence-corrected chi connectivity index (χ3v) is 6.46. The zero-order valence-corrected chi connectivity index (χ0v) is 20.1. The molecule has 36 heavy (non-hydrogen) atoms. The minimum atomic E-state index is -4.73. The van der Waals surface area contributed by atoms with Gasteiger partial charge in [0.25, 0.3) is 5.91 Å². The number of nitrogens with zero attached hydrogens (tertiary/aromatic N) is 3. The predicted molar refractivity (Wildman–Crippen MR) is 127 cm³/mol. The molecule has 4 rings (SSSR count). The Kier molecular flexibility index (Phi) is 7.70. The van der Waals surface area contributed by atoms with Gasteiger partial charge in [0, 0.05) is 24.3 Å². The number of piperidine rings is 1. The predicted octanol–water partition coefficient (Wildman–Crippen LogP) is 5.88. The van der Waals surface area contributed by atoms with Crippen molar-refractivity contribution < 1.29 is 27.3 Å². The lowest BCUT2D eigenvalue weighted by atomic mass is 10.0. The third kappa shape index (κ3) is 5.90. The van der Waals surface area contributed by atoms with Crippen molar-refractivity contribution in [3.05, 3.63) is 64.0 Å². The van der Waals surface area contributed by atoms with E-state index in [2.05, 4.69) is 25.3 Å². The number of amides is 3. The summed E-state index contributed by atoms with van der Waals surface area (Å²) in [5, 5.41) is 9.37. The fourth-order valence-corrected chi connectivity index (χ4v) is 4.21. The van der Waals surface area contributed by atoms with E-state index >= 15 is 0 Å². The lowest BCUT2D eigenvalue weighted by Gasteiger charge is -2.35. The number of carbonyl (C=O) groups is 2. The molecule has 8 nitrogen and oxygen atoms in total. The van der Waals surface area contributed by atoms with Crippen LogP contribution in [0.5, 0.6) is 0 Å². The number of nitrogens with one attached hydrogen (secondary N) is 2. The number of alkyl halides is 3. The molecule has 1 atom stereocenters. The van der Waals surface area contributed by atoms with Gasteiger partial charge in [-0.25, -0.2) is 4.79 Å². The number of rotatable bonds is 5. The number of benzene rings is 2. The van der Waals surface area contributed by atoms with Crippen LogP contribution < -0.4 is 10.6 Å². The molecule has 0 radical (unpaired) electrons. The Hall–Kier alpha value is -3.31. The van der Waals surface area contributed by atoms with Crippen molar-refractivity contribution >= 4 is 40.8 Å². The van der Waals surface area contributed by atoms with E-state index in [1.165, 1.54) is 24.3 Å². The number of hydrogen-bond acceptors (Lipinski definition) is 5. The van der Waals surface area contributed by atoms with Crippen molar-refractivity contribution in [2.24, 2.45) is 0 Å². The molecule has 1 aliphatic rings. The standard InChI is InChI=1S/C23H20Cl2F3N5O3/c24-17-6-3-5-16(18(17)25)20(34)29-12-15-4-1-2-11-33(15)22(35)30-14-9-7-13(8-10-14)19-31-21(36-32-19)23(26,27)28/h3,5-10,15H,1-2,4,11-12H2,(H,29,34)(H,30,35). The third-order valence-electron chi connectivity index (χ3n) is 5.65. The van der Waals surface area contributed by atoms with Crippen LogP contribution in [0, 0.1) is 0 Å². The molecule has 1 aliphatic heterocycles. The highest BCUT2D eigenvalue weighted by Gasteiger charge is 2.38. The van der Waals surface area contributed by atoms with Gasteiger partial charge >= 0.3 is 18.1 Å². The molecule has 1 saturated heterocycles. The first-order chi connectivity index (χ1) is 17.1. The molecular formula is C23H20Cl2F3N5O3. The second kappa shape index (κ2) is 10.8. The molecule has 1 aromatic heterocycles. The summed E-state index contributed by atoms with van der Waals surface area (Å²) in [5.74, 6) is -2.04. The molecule has 2 heterocycles. The Morgan fingerprint density at radius 1 is 1.11 bits per heavy atom. The minimum absolute atomic E-state index is 0.161. The summed E-state index contributed by atoms with van der Waals surface area (Å²) < 4.78 is 42.3. The van der Waals surface area contributed by atoms with Gasteiger partial charge in [0.05, 0.1) is 21.7 Å². The van der Waals surface area contributed by atoms with Crippen LogP contribution in [0.1, 0.15) is 35.5 Å². The first-order valence-corrected chi connectivity index (χ1v) is 11.7. The van der Waals surface area contributed by atoms with Gasteiger partial charge in [0.15, 0.2) is 0 Å². The second-order valence-corrected chi connectivity index (χ2v) is 8.87. The topological polar surface area (TPSA) is 100 Å². The number of carbonyl (C=O) groups excluding carboxylic acids is 2. The number of anilines is 1. The van der Waals surface area contributed by atoms with Crippen LogP contribution in [0.3, 0.4) is 0 Å². The van der Waals surface area contributed by atoms with E-state index in [1.807, 2.05) is 0 Å². The van der Waals surface area contributed by atoms with Crippen molar-refractivity contribution in [3.8, 4) is 11.4 Å². The van der Waals surface area contributed by atoms with E-state index in [1.54, 1.807) is 23.1 Å². The van der Waals surface area contributed by atoms with Gasteiger partial charge in [-0.15, -0.1) is 0 Å². The van der Waals surface area contributed by atoms with E-state index in [9.17, 15) is 22.8 Å². The van der Waals surface area contributed by atoms with E-state index in [0.717, 1.165) is 12.8 Å². The van der Waals surface area contributed by atoms with Crippen molar-refractivity contribution in [2.45, 2.75) is 31.5 Å². The molecule has 0 spiro atoms. The molecule has 0 aliphatic carbocycles. The van der Waals surface area contributed by atoms with Crippen LogP contribution in [0.25, 0.3) is 11.4 Å². The summed E-state index contributed by atoms with van der Waals surface area (Å²) in [4.78, 5) is 30.5. The highest BCUT2D eigenvalue weighted by Crippen LogP contribution is 2.30. The van der Waals surface area contributed by atoms with Gasteiger partial charge in [-0.05, 0) is 55.7 Å². The van der Waals surface area contributed by atoms with Crippen LogP contribution in [0.15, 0.2) is 47.0 Å².